The van der Waals surface area contributed by atoms with Crippen LogP contribution in [0.2, 0.25) is 0 Å². The normalized spacial score (nSPS) is 17.3. The van der Waals surface area contributed by atoms with Gasteiger partial charge in [0.15, 0.2) is 0 Å². The first-order valence-electron chi connectivity index (χ1n) is 10.3. The Morgan fingerprint density at radius 3 is 2.70 bits per heavy atom. The van der Waals surface area contributed by atoms with E-state index in [2.05, 4.69) is 16.8 Å². The number of fused-ring (bicyclic) bond motifs is 5. The van der Waals surface area contributed by atoms with E-state index >= 15 is 0 Å². The average Bonchev–Trinajstić information content (AvgIpc) is 3.25. The molecule has 0 saturated heterocycles. The van der Waals surface area contributed by atoms with Crippen molar-refractivity contribution in [2.24, 2.45) is 7.05 Å². The molecule has 1 aliphatic heterocycles. The van der Waals surface area contributed by atoms with Gasteiger partial charge in [-0.15, -0.1) is 0 Å². The van der Waals surface area contributed by atoms with E-state index in [9.17, 15) is 9.90 Å². The van der Waals surface area contributed by atoms with Crippen LogP contribution >= 0.6 is 0 Å². The summed E-state index contributed by atoms with van der Waals surface area (Å²) in [5, 5.41) is 11.5. The van der Waals surface area contributed by atoms with Crippen LogP contribution in [0.5, 0.6) is 0 Å². The number of carbonyl (C=O) groups is 1. The van der Waals surface area contributed by atoms with Gasteiger partial charge < -0.3 is 20.3 Å². The first-order chi connectivity index (χ1) is 14.4. The molecule has 152 valence electrons. The van der Waals surface area contributed by atoms with Gasteiger partial charge in [0.1, 0.15) is 17.1 Å². The fraction of sp³-hybridized carbons (Fsp3) is 0.333. The molecule has 3 heterocycles. The molecule has 0 spiro atoms. The Morgan fingerprint density at radius 2 is 1.93 bits per heavy atom. The van der Waals surface area contributed by atoms with Crippen molar-refractivity contribution in [2.75, 3.05) is 12.8 Å². The maximum atomic E-state index is 13.2. The summed E-state index contributed by atoms with van der Waals surface area (Å²) in [6.45, 7) is 0.476. The Hall–Kier alpha value is -3.30. The molecule has 1 amide bonds. The zero-order valence-electron chi connectivity index (χ0n) is 17.2. The number of amides is 1. The minimum Gasteiger partial charge on any atom is -0.384 e. The minimum absolute atomic E-state index is 0.0480. The van der Waals surface area contributed by atoms with Crippen molar-refractivity contribution in [3.63, 3.8) is 0 Å². The lowest BCUT2D eigenvalue weighted by Gasteiger charge is -2.15. The van der Waals surface area contributed by atoms with Crippen LogP contribution < -0.4 is 5.73 Å². The molecule has 1 aromatic carbocycles. The van der Waals surface area contributed by atoms with Crippen molar-refractivity contribution in [1.29, 1.82) is 0 Å². The molecule has 3 N–H and O–H groups in total. The van der Waals surface area contributed by atoms with Crippen LogP contribution in [0.3, 0.4) is 0 Å². The second kappa shape index (κ2) is 6.61. The number of nitrogens with zero attached hydrogens (tertiary/aromatic N) is 3. The Morgan fingerprint density at radius 1 is 1.17 bits per heavy atom. The number of benzene rings is 1. The molecule has 0 bridgehead atoms. The Balaban J connectivity index is 1.75. The van der Waals surface area contributed by atoms with E-state index in [1.54, 1.807) is 18.0 Å². The second-order valence-corrected chi connectivity index (χ2v) is 8.41. The highest BCUT2D eigenvalue weighted by molar-refractivity contribution is 6.11. The highest BCUT2D eigenvalue weighted by Crippen LogP contribution is 2.39. The number of nitrogens with two attached hydrogens (primary N) is 1. The first-order valence-corrected chi connectivity index (χ1v) is 10.3. The summed E-state index contributed by atoms with van der Waals surface area (Å²) in [5.74, 6) is 6.60. The maximum absolute atomic E-state index is 13.2. The van der Waals surface area contributed by atoms with Crippen molar-refractivity contribution in [3.8, 4) is 23.1 Å². The lowest BCUT2D eigenvalue weighted by atomic mass is 10.0. The molecule has 0 atom stereocenters. The molecular formula is C24H24N4O2. The smallest absolute Gasteiger partial charge is 0.271 e. The topological polar surface area (TPSA) is 84.4 Å². The third kappa shape index (κ3) is 2.86. The van der Waals surface area contributed by atoms with Gasteiger partial charge in [0, 0.05) is 42.7 Å². The molecule has 6 nitrogen and oxygen atoms in total. The molecule has 1 fully saturated rings. The van der Waals surface area contributed by atoms with Gasteiger partial charge in [-0.2, -0.15) is 0 Å². The Labute approximate surface area is 175 Å². The number of hydrogen-bond acceptors (Lipinski definition) is 4. The van der Waals surface area contributed by atoms with Crippen LogP contribution in [-0.2, 0) is 13.6 Å². The molecule has 30 heavy (non-hydrogen) atoms. The molecule has 6 heteroatoms. The third-order valence-electron chi connectivity index (χ3n) is 6.26. The predicted molar refractivity (Wildman–Crippen MR) is 117 cm³/mol. The Kier molecular flexibility index (Phi) is 4.12. The number of hydrogen-bond donors (Lipinski definition) is 2. The monoisotopic (exact) mass is 400 g/mol. The summed E-state index contributed by atoms with van der Waals surface area (Å²) in [4.78, 5) is 19.5. The lowest BCUT2D eigenvalue weighted by Crippen LogP contribution is -2.26. The highest BCUT2D eigenvalue weighted by Gasteiger charge is 2.31. The number of pyridine rings is 1. The Bertz CT molecular complexity index is 1260. The SMILES string of the molecule is CN1Cc2ccc(N)nc2-c2c(n(C)c3ccc(C#CC4(O)CCCC4)cc23)C1=O. The third-order valence-corrected chi connectivity index (χ3v) is 6.26. The van der Waals surface area contributed by atoms with Crippen LogP contribution in [0, 0.1) is 11.8 Å². The van der Waals surface area contributed by atoms with Gasteiger partial charge >= 0.3 is 0 Å². The van der Waals surface area contributed by atoms with Crippen molar-refractivity contribution in [3.05, 3.63) is 47.2 Å². The molecule has 0 radical (unpaired) electrons. The fourth-order valence-electron chi connectivity index (χ4n) is 4.64. The van der Waals surface area contributed by atoms with Gasteiger partial charge in [0.25, 0.3) is 5.91 Å². The van der Waals surface area contributed by atoms with E-state index < -0.39 is 5.60 Å². The summed E-state index contributed by atoms with van der Waals surface area (Å²) in [6, 6.07) is 9.62. The zero-order chi connectivity index (χ0) is 21.0. The molecule has 3 aromatic rings. The quantitative estimate of drug-likeness (QED) is 0.568. The van der Waals surface area contributed by atoms with Gasteiger partial charge in [-0.1, -0.05) is 17.9 Å². The number of aliphatic hydroxyl groups is 1. The summed E-state index contributed by atoms with van der Waals surface area (Å²) in [5.41, 5.74) is 9.97. The summed E-state index contributed by atoms with van der Waals surface area (Å²) < 4.78 is 1.92. The van der Waals surface area contributed by atoms with E-state index in [1.807, 2.05) is 35.9 Å². The summed E-state index contributed by atoms with van der Waals surface area (Å²) >= 11 is 0. The molecule has 0 unspecified atom stereocenters. The van der Waals surface area contributed by atoms with Crippen LogP contribution in [0.25, 0.3) is 22.2 Å². The van der Waals surface area contributed by atoms with E-state index in [1.165, 1.54) is 0 Å². The fourth-order valence-corrected chi connectivity index (χ4v) is 4.64. The minimum atomic E-state index is -0.885. The van der Waals surface area contributed by atoms with Crippen LogP contribution in [0.1, 0.15) is 47.3 Å². The standard InChI is InChI=1S/C24H24N4O2/c1-27-14-16-6-8-19(25)26-21(16)20-17-13-15(9-12-24(30)10-3-4-11-24)5-7-18(17)28(2)22(20)23(27)29/h5-8,13,30H,3-4,10-11,14H2,1-2H3,(H2,25,26). The highest BCUT2D eigenvalue weighted by atomic mass is 16.3. The molecule has 2 aliphatic rings. The number of nitrogen functional groups attached to an aromatic ring is 1. The number of rotatable bonds is 0. The van der Waals surface area contributed by atoms with Crippen LogP contribution in [-0.4, -0.2) is 38.1 Å². The van der Waals surface area contributed by atoms with Crippen molar-refractivity contribution in [2.45, 2.75) is 37.8 Å². The average molecular weight is 400 g/mol. The summed E-state index contributed by atoms with van der Waals surface area (Å²) in [7, 11) is 3.70. The van der Waals surface area contributed by atoms with Crippen molar-refractivity contribution in [1.82, 2.24) is 14.5 Å². The lowest BCUT2D eigenvalue weighted by molar-refractivity contribution is 0.0779. The van der Waals surface area contributed by atoms with Crippen LogP contribution in [0.15, 0.2) is 30.3 Å². The molecule has 2 aromatic heterocycles. The van der Waals surface area contributed by atoms with Crippen LogP contribution in [0.4, 0.5) is 5.82 Å². The summed E-state index contributed by atoms with van der Waals surface area (Å²) in [6.07, 6.45) is 3.46. The largest absolute Gasteiger partial charge is 0.384 e. The van der Waals surface area contributed by atoms with Gasteiger partial charge in [-0.25, -0.2) is 4.98 Å². The zero-order valence-corrected chi connectivity index (χ0v) is 17.2. The van der Waals surface area contributed by atoms with Gasteiger partial charge in [0.05, 0.1) is 5.69 Å². The number of carbonyl (C=O) groups excluding carboxylic acids is 1. The van der Waals surface area contributed by atoms with Gasteiger partial charge in [0.2, 0.25) is 0 Å². The van der Waals surface area contributed by atoms with Gasteiger partial charge in [-0.3, -0.25) is 4.79 Å². The van der Waals surface area contributed by atoms with Crippen molar-refractivity contribution >= 4 is 22.6 Å². The predicted octanol–water partition coefficient (Wildman–Crippen LogP) is 3.06. The van der Waals surface area contributed by atoms with E-state index in [-0.39, 0.29) is 5.91 Å². The van der Waals surface area contributed by atoms with E-state index in [0.29, 0.717) is 18.1 Å². The molecule has 5 rings (SSSR count). The number of aromatic nitrogens is 2. The molecule has 1 aliphatic carbocycles. The number of anilines is 1. The first kappa shape index (κ1) is 18.7. The molecule has 1 saturated carbocycles. The van der Waals surface area contributed by atoms with Crippen molar-refractivity contribution < 1.29 is 9.90 Å². The second-order valence-electron chi connectivity index (χ2n) is 8.41. The number of aryl methyl sites for hydroxylation is 1. The van der Waals surface area contributed by atoms with E-state index in [4.69, 9.17) is 5.73 Å². The maximum Gasteiger partial charge on any atom is 0.271 e. The van der Waals surface area contributed by atoms with E-state index in [0.717, 1.165) is 59.0 Å². The molecular weight excluding hydrogens is 376 g/mol. The van der Waals surface area contributed by atoms with Gasteiger partial charge in [-0.05, 0) is 55.5 Å².